The van der Waals surface area contributed by atoms with Crippen LogP contribution in [0.15, 0.2) is 27.0 Å². The molecule has 0 bridgehead atoms. The molecule has 9 heteroatoms. The van der Waals surface area contributed by atoms with Gasteiger partial charge in [0.1, 0.15) is 15.4 Å². The third kappa shape index (κ3) is 3.40. The molecule has 0 N–H and O–H groups in total. The summed E-state index contributed by atoms with van der Waals surface area (Å²) >= 11 is 1.30. The number of aryl methyl sites for hydroxylation is 2. The third-order valence-corrected chi connectivity index (χ3v) is 7.75. The van der Waals surface area contributed by atoms with Crippen LogP contribution in [0.4, 0.5) is 13.2 Å². The maximum Gasteiger partial charge on any atom is 0.433 e. The zero-order valence-corrected chi connectivity index (χ0v) is 14.6. The highest BCUT2D eigenvalue weighted by Gasteiger charge is 2.33. The van der Waals surface area contributed by atoms with Gasteiger partial charge in [-0.05, 0) is 32.4 Å². The van der Waals surface area contributed by atoms with Gasteiger partial charge in [-0.15, -0.1) is 11.3 Å². The number of halogens is 3. The van der Waals surface area contributed by atoms with E-state index in [1.807, 2.05) is 13.8 Å². The van der Waals surface area contributed by atoms with E-state index in [1.165, 1.54) is 24.5 Å². The van der Waals surface area contributed by atoms with Crippen molar-refractivity contribution in [2.24, 2.45) is 4.36 Å². The van der Waals surface area contributed by atoms with Gasteiger partial charge in [0.2, 0.25) is 0 Å². The maximum absolute atomic E-state index is 13.2. The van der Waals surface area contributed by atoms with Gasteiger partial charge in [0.15, 0.2) is 4.34 Å². The average Bonchev–Trinajstić information content (AvgIpc) is 2.85. The summed E-state index contributed by atoms with van der Waals surface area (Å²) in [7, 11) is -1.44. The monoisotopic (exact) mass is 363 g/mol. The molecular weight excluding hydrogens is 347 g/mol. The molecule has 0 amide bonds. The van der Waals surface area contributed by atoms with Crippen molar-refractivity contribution in [2.75, 3.05) is 7.05 Å². The van der Waals surface area contributed by atoms with E-state index < -0.39 is 26.8 Å². The van der Waals surface area contributed by atoms with Crippen molar-refractivity contribution < 1.29 is 17.4 Å². The Hall–Kier alpha value is -1.48. The standard InChI is InChI=1S/C14H16F3N3OS2/c1-8-9(2)22-13(20-8)23(21,18-4)10(3)11-5-6-12(19-7-11)14(15,16)17/h5-7,10H,1-4H3. The molecule has 2 aromatic rings. The molecule has 0 saturated carbocycles. The van der Waals surface area contributed by atoms with Crippen molar-refractivity contribution in [1.82, 2.24) is 9.97 Å². The van der Waals surface area contributed by atoms with Crippen molar-refractivity contribution in [3.63, 3.8) is 0 Å². The Morgan fingerprint density at radius 2 is 1.96 bits per heavy atom. The van der Waals surface area contributed by atoms with E-state index in [0.29, 0.717) is 9.90 Å². The van der Waals surface area contributed by atoms with Gasteiger partial charge >= 0.3 is 6.18 Å². The summed E-state index contributed by atoms with van der Waals surface area (Å²) in [6, 6.07) is 2.18. The van der Waals surface area contributed by atoms with Crippen LogP contribution in [0.25, 0.3) is 0 Å². The number of aromatic nitrogens is 2. The molecule has 0 radical (unpaired) electrons. The number of thiazole rings is 1. The minimum Gasteiger partial charge on any atom is -0.251 e. The number of alkyl halides is 3. The fourth-order valence-electron chi connectivity index (χ4n) is 1.95. The van der Waals surface area contributed by atoms with E-state index in [-0.39, 0.29) is 0 Å². The Morgan fingerprint density at radius 1 is 1.30 bits per heavy atom. The van der Waals surface area contributed by atoms with Crippen molar-refractivity contribution in [1.29, 1.82) is 0 Å². The molecule has 126 valence electrons. The predicted octanol–water partition coefficient (Wildman–Crippen LogP) is 4.39. The molecule has 4 nitrogen and oxygen atoms in total. The van der Waals surface area contributed by atoms with Gasteiger partial charge in [0.05, 0.1) is 10.9 Å². The van der Waals surface area contributed by atoms with Crippen LogP contribution >= 0.6 is 11.3 Å². The normalized spacial score (nSPS) is 16.0. The van der Waals surface area contributed by atoms with Crippen LogP contribution in [-0.4, -0.2) is 21.2 Å². The molecule has 2 heterocycles. The van der Waals surface area contributed by atoms with Gasteiger partial charge in [-0.1, -0.05) is 6.07 Å². The third-order valence-electron chi connectivity index (χ3n) is 3.56. The summed E-state index contributed by atoms with van der Waals surface area (Å²) in [6.07, 6.45) is -3.40. The first-order chi connectivity index (χ1) is 10.6. The maximum atomic E-state index is 13.2. The molecule has 2 atom stereocenters. The van der Waals surface area contributed by atoms with Crippen LogP contribution in [0.5, 0.6) is 0 Å². The minimum absolute atomic E-state index is 0.391. The predicted molar refractivity (Wildman–Crippen MR) is 84.0 cm³/mol. The summed E-state index contributed by atoms with van der Waals surface area (Å²) in [4.78, 5) is 8.67. The minimum atomic E-state index is -4.50. The molecular formula is C14H16F3N3OS2. The molecule has 2 rings (SSSR count). The second-order valence-corrected chi connectivity index (χ2v) is 9.05. The first kappa shape index (κ1) is 17.9. The molecule has 0 aromatic carbocycles. The average molecular weight is 363 g/mol. The Labute approximate surface area is 137 Å². The molecule has 0 fully saturated rings. The molecule has 2 aromatic heterocycles. The molecule has 0 aliphatic carbocycles. The first-order valence-electron chi connectivity index (χ1n) is 6.71. The topological polar surface area (TPSA) is 55.2 Å². The molecule has 0 saturated heterocycles. The first-order valence-corrected chi connectivity index (χ1v) is 9.10. The van der Waals surface area contributed by atoms with Gasteiger partial charge in [0.25, 0.3) is 0 Å². The number of hydrogen-bond acceptors (Lipinski definition) is 5. The van der Waals surface area contributed by atoms with Crippen molar-refractivity contribution in [3.05, 3.63) is 40.2 Å². The summed E-state index contributed by atoms with van der Waals surface area (Å²) < 4.78 is 55.4. The van der Waals surface area contributed by atoms with Gasteiger partial charge in [-0.25, -0.2) is 13.6 Å². The molecule has 2 unspecified atom stereocenters. The molecule has 0 aliphatic rings. The Morgan fingerprint density at radius 3 is 2.35 bits per heavy atom. The van der Waals surface area contributed by atoms with Crippen LogP contribution in [0.3, 0.4) is 0 Å². The Bertz CT molecular complexity index is 799. The van der Waals surface area contributed by atoms with Gasteiger partial charge < -0.3 is 0 Å². The lowest BCUT2D eigenvalue weighted by Gasteiger charge is -2.16. The van der Waals surface area contributed by atoms with E-state index in [2.05, 4.69) is 14.3 Å². The van der Waals surface area contributed by atoms with Crippen LogP contribution in [0.1, 0.15) is 34.0 Å². The summed E-state index contributed by atoms with van der Waals surface area (Å²) in [5, 5.41) is -0.618. The van der Waals surface area contributed by atoms with E-state index >= 15 is 0 Å². The second kappa shape index (κ2) is 6.20. The van der Waals surface area contributed by atoms with E-state index in [1.54, 1.807) is 6.92 Å². The number of hydrogen-bond donors (Lipinski definition) is 0. The van der Waals surface area contributed by atoms with Gasteiger partial charge in [-0.2, -0.15) is 13.2 Å². The van der Waals surface area contributed by atoms with Gasteiger partial charge in [0, 0.05) is 18.1 Å². The number of pyridine rings is 1. The van der Waals surface area contributed by atoms with Gasteiger partial charge in [-0.3, -0.25) is 4.98 Å². The summed E-state index contributed by atoms with van der Waals surface area (Å²) in [6.45, 7) is 5.34. The van der Waals surface area contributed by atoms with Crippen LogP contribution in [0.2, 0.25) is 0 Å². The highest BCUT2D eigenvalue weighted by Crippen LogP contribution is 2.35. The lowest BCUT2D eigenvalue weighted by Crippen LogP contribution is -2.13. The highest BCUT2D eigenvalue weighted by atomic mass is 32.2. The second-order valence-electron chi connectivity index (χ2n) is 4.99. The SMILES string of the molecule is CN=S(=O)(c1nc(C)c(C)s1)C(C)c1ccc(C(F)(F)F)nc1. The zero-order valence-electron chi connectivity index (χ0n) is 13.0. The van der Waals surface area contributed by atoms with E-state index in [9.17, 15) is 17.4 Å². The lowest BCUT2D eigenvalue weighted by molar-refractivity contribution is -0.141. The van der Waals surface area contributed by atoms with Crippen molar-refractivity contribution in [2.45, 2.75) is 36.5 Å². The highest BCUT2D eigenvalue weighted by molar-refractivity contribution is 7.95. The van der Waals surface area contributed by atoms with Crippen molar-refractivity contribution in [3.8, 4) is 0 Å². The van der Waals surface area contributed by atoms with Crippen LogP contribution < -0.4 is 0 Å². The number of rotatable bonds is 3. The fraction of sp³-hybridized carbons (Fsp3) is 0.429. The Kier molecular flexibility index (Phi) is 4.81. The largest absolute Gasteiger partial charge is 0.433 e. The van der Waals surface area contributed by atoms with Crippen LogP contribution in [0, 0.1) is 13.8 Å². The smallest absolute Gasteiger partial charge is 0.251 e. The Balaban J connectivity index is 2.45. The fourth-order valence-corrected chi connectivity index (χ4v) is 5.65. The van der Waals surface area contributed by atoms with E-state index in [0.717, 1.165) is 22.8 Å². The molecule has 23 heavy (non-hydrogen) atoms. The van der Waals surface area contributed by atoms with Crippen molar-refractivity contribution >= 4 is 21.1 Å². The van der Waals surface area contributed by atoms with E-state index in [4.69, 9.17) is 0 Å². The summed E-state index contributed by atoms with van der Waals surface area (Å²) in [5.41, 5.74) is 0.229. The number of nitrogens with zero attached hydrogens (tertiary/aromatic N) is 3. The quantitative estimate of drug-likeness (QED) is 0.813. The van der Waals surface area contributed by atoms with Crippen LogP contribution in [-0.2, 0) is 15.9 Å². The lowest BCUT2D eigenvalue weighted by atomic mass is 10.2. The zero-order chi connectivity index (χ0) is 17.4. The molecule has 0 spiro atoms. The summed E-state index contributed by atoms with van der Waals surface area (Å²) in [5.74, 6) is 0. The molecule has 0 aliphatic heterocycles.